The Balaban J connectivity index is 1.38. The van der Waals surface area contributed by atoms with Crippen molar-refractivity contribution in [1.82, 2.24) is 10.9 Å². The van der Waals surface area contributed by atoms with Gasteiger partial charge in [0.1, 0.15) is 11.8 Å². The number of rotatable bonds is 5. The molecule has 2 fully saturated rings. The Morgan fingerprint density at radius 1 is 1.17 bits per heavy atom. The zero-order chi connectivity index (χ0) is 16.9. The molecule has 126 valence electrons. The highest BCUT2D eigenvalue weighted by atomic mass is 16.5. The molecular weight excluding hydrogens is 306 g/mol. The fourth-order valence-electron chi connectivity index (χ4n) is 3.92. The van der Waals surface area contributed by atoms with Crippen molar-refractivity contribution in [2.75, 3.05) is 6.61 Å². The van der Waals surface area contributed by atoms with Gasteiger partial charge in [-0.15, -0.1) is 0 Å². The number of para-hydroxylation sites is 1. The Labute approximate surface area is 141 Å². The minimum absolute atomic E-state index is 0.154. The fraction of sp³-hybridized carbons (Fsp3) is 0.500. The van der Waals surface area contributed by atoms with Gasteiger partial charge in [-0.25, -0.2) is 0 Å². The molecule has 2 N–H and O–H groups in total. The molecule has 6 heteroatoms. The van der Waals surface area contributed by atoms with E-state index in [-0.39, 0.29) is 12.5 Å². The van der Waals surface area contributed by atoms with Crippen LogP contribution in [0.25, 0.3) is 0 Å². The molecule has 3 atom stereocenters. The minimum Gasteiger partial charge on any atom is -0.482 e. The van der Waals surface area contributed by atoms with Crippen LogP contribution in [-0.4, -0.2) is 18.4 Å². The number of nitriles is 1. The number of hydrogen-bond donors (Lipinski definition) is 2. The molecule has 6 nitrogen and oxygen atoms in total. The quantitative estimate of drug-likeness (QED) is 0.808. The molecule has 2 aliphatic rings. The number of carbonyl (C=O) groups is 2. The molecule has 1 aromatic rings. The van der Waals surface area contributed by atoms with Gasteiger partial charge in [0.2, 0.25) is 5.91 Å². The van der Waals surface area contributed by atoms with Crippen LogP contribution in [0.4, 0.5) is 0 Å². The van der Waals surface area contributed by atoms with E-state index in [2.05, 4.69) is 10.9 Å². The van der Waals surface area contributed by atoms with E-state index in [9.17, 15) is 9.59 Å². The first kappa shape index (κ1) is 16.3. The predicted molar refractivity (Wildman–Crippen MR) is 86.5 cm³/mol. The smallest absolute Gasteiger partial charge is 0.276 e. The molecule has 1 aromatic carbocycles. The summed E-state index contributed by atoms with van der Waals surface area (Å²) in [5.74, 6) is 1.68. The maximum Gasteiger partial charge on any atom is 0.276 e. The minimum atomic E-state index is -0.455. The van der Waals surface area contributed by atoms with Gasteiger partial charge in [-0.2, -0.15) is 5.26 Å². The van der Waals surface area contributed by atoms with E-state index >= 15 is 0 Å². The average Bonchev–Trinajstić information content (AvgIpc) is 3.21. The third kappa shape index (κ3) is 3.85. The molecule has 3 rings (SSSR count). The maximum atomic E-state index is 11.9. The molecule has 0 spiro atoms. The summed E-state index contributed by atoms with van der Waals surface area (Å²) >= 11 is 0. The second-order valence-corrected chi connectivity index (χ2v) is 6.63. The monoisotopic (exact) mass is 327 g/mol. The molecule has 0 aromatic heterocycles. The van der Waals surface area contributed by atoms with E-state index < -0.39 is 5.91 Å². The molecule has 24 heavy (non-hydrogen) atoms. The summed E-state index contributed by atoms with van der Waals surface area (Å²) in [6.07, 6.45) is 5.41. The lowest BCUT2D eigenvalue weighted by molar-refractivity contribution is -0.130. The van der Waals surface area contributed by atoms with Crippen molar-refractivity contribution in [3.63, 3.8) is 0 Å². The van der Waals surface area contributed by atoms with Crippen molar-refractivity contribution < 1.29 is 14.3 Å². The molecule has 0 radical (unpaired) electrons. The standard InChI is InChI=1S/C18H21N3O3/c19-10-14-3-1-2-4-16(14)24-11-18(23)21-20-17(22)9-15-8-12-5-6-13(15)7-12/h1-4,12-13,15H,5-9,11H2,(H,20,22)(H,21,23). The zero-order valence-corrected chi connectivity index (χ0v) is 13.5. The number of hydrogen-bond acceptors (Lipinski definition) is 4. The Kier molecular flexibility index (Phi) is 4.99. The summed E-state index contributed by atoms with van der Waals surface area (Å²) in [7, 11) is 0. The number of nitrogens with one attached hydrogen (secondary N) is 2. The van der Waals surface area contributed by atoms with E-state index in [4.69, 9.17) is 10.00 Å². The van der Waals surface area contributed by atoms with Gasteiger partial charge in [0.15, 0.2) is 6.61 Å². The van der Waals surface area contributed by atoms with Gasteiger partial charge in [0, 0.05) is 6.42 Å². The van der Waals surface area contributed by atoms with Crippen molar-refractivity contribution >= 4 is 11.8 Å². The van der Waals surface area contributed by atoms with Crippen LogP contribution in [0, 0.1) is 29.1 Å². The van der Waals surface area contributed by atoms with Gasteiger partial charge in [0.25, 0.3) is 5.91 Å². The second kappa shape index (κ2) is 7.35. The van der Waals surface area contributed by atoms with E-state index in [0.29, 0.717) is 29.6 Å². The Morgan fingerprint density at radius 2 is 1.96 bits per heavy atom. The summed E-state index contributed by atoms with van der Waals surface area (Å²) in [5, 5.41) is 8.95. The molecule has 3 unspecified atom stereocenters. The summed E-state index contributed by atoms with van der Waals surface area (Å²) in [6, 6.07) is 8.69. The SMILES string of the molecule is N#Cc1ccccc1OCC(=O)NNC(=O)CC1CC2CCC1C2. The van der Waals surface area contributed by atoms with Gasteiger partial charge in [-0.05, 0) is 49.1 Å². The first-order valence-electron chi connectivity index (χ1n) is 8.35. The van der Waals surface area contributed by atoms with E-state index in [1.165, 1.54) is 19.3 Å². The fourth-order valence-corrected chi connectivity index (χ4v) is 3.92. The highest BCUT2D eigenvalue weighted by Crippen LogP contribution is 2.49. The molecular formula is C18H21N3O3. The number of amides is 2. The third-order valence-corrected chi connectivity index (χ3v) is 5.04. The number of nitrogens with zero attached hydrogens (tertiary/aromatic N) is 1. The second-order valence-electron chi connectivity index (χ2n) is 6.63. The van der Waals surface area contributed by atoms with Gasteiger partial charge >= 0.3 is 0 Å². The summed E-state index contributed by atoms with van der Waals surface area (Å²) in [6.45, 7) is -0.257. The Hall–Kier alpha value is -2.55. The van der Waals surface area contributed by atoms with Crippen LogP contribution in [0.1, 0.15) is 37.7 Å². The van der Waals surface area contributed by atoms with Crippen LogP contribution in [0.2, 0.25) is 0 Å². The van der Waals surface area contributed by atoms with Crippen LogP contribution >= 0.6 is 0 Å². The van der Waals surface area contributed by atoms with E-state index in [1.807, 2.05) is 6.07 Å². The molecule has 2 amide bonds. The lowest BCUT2D eigenvalue weighted by Gasteiger charge is -2.20. The van der Waals surface area contributed by atoms with Gasteiger partial charge in [0.05, 0.1) is 5.56 Å². The van der Waals surface area contributed by atoms with E-state index in [0.717, 1.165) is 12.3 Å². The van der Waals surface area contributed by atoms with Crippen molar-refractivity contribution in [2.24, 2.45) is 17.8 Å². The van der Waals surface area contributed by atoms with Crippen LogP contribution in [0.3, 0.4) is 0 Å². The van der Waals surface area contributed by atoms with Crippen LogP contribution in [0.15, 0.2) is 24.3 Å². The van der Waals surface area contributed by atoms with Gasteiger partial charge in [-0.1, -0.05) is 18.6 Å². The molecule has 0 saturated heterocycles. The lowest BCUT2D eigenvalue weighted by Crippen LogP contribution is -2.44. The van der Waals surface area contributed by atoms with Crippen molar-refractivity contribution in [3.05, 3.63) is 29.8 Å². The van der Waals surface area contributed by atoms with Gasteiger partial charge in [-0.3, -0.25) is 20.4 Å². The van der Waals surface area contributed by atoms with E-state index in [1.54, 1.807) is 24.3 Å². The largest absolute Gasteiger partial charge is 0.482 e. The number of hydrazine groups is 1. The molecule has 2 saturated carbocycles. The van der Waals surface area contributed by atoms with Crippen LogP contribution in [-0.2, 0) is 9.59 Å². The number of benzene rings is 1. The van der Waals surface area contributed by atoms with Crippen LogP contribution in [0.5, 0.6) is 5.75 Å². The Bertz CT molecular complexity index is 668. The van der Waals surface area contributed by atoms with Crippen molar-refractivity contribution in [2.45, 2.75) is 32.1 Å². The number of ether oxygens (including phenoxy) is 1. The highest BCUT2D eigenvalue weighted by Gasteiger charge is 2.40. The number of fused-ring (bicyclic) bond motifs is 2. The molecule has 0 heterocycles. The summed E-state index contributed by atoms with van der Waals surface area (Å²) < 4.78 is 5.31. The lowest BCUT2D eigenvalue weighted by atomic mass is 9.86. The highest BCUT2D eigenvalue weighted by molar-refractivity contribution is 5.82. The van der Waals surface area contributed by atoms with Gasteiger partial charge < -0.3 is 4.74 Å². The first-order valence-corrected chi connectivity index (χ1v) is 8.35. The topological polar surface area (TPSA) is 91.2 Å². The molecule has 2 bridgehead atoms. The summed E-state index contributed by atoms with van der Waals surface area (Å²) in [5.41, 5.74) is 5.18. The predicted octanol–water partition coefficient (Wildman–Crippen LogP) is 1.91. The van der Waals surface area contributed by atoms with Crippen LogP contribution < -0.4 is 15.6 Å². The average molecular weight is 327 g/mol. The van der Waals surface area contributed by atoms with Crippen molar-refractivity contribution in [3.8, 4) is 11.8 Å². The third-order valence-electron chi connectivity index (χ3n) is 5.04. The molecule has 2 aliphatic carbocycles. The number of carbonyl (C=O) groups excluding carboxylic acids is 2. The maximum absolute atomic E-state index is 11.9. The Morgan fingerprint density at radius 3 is 2.67 bits per heavy atom. The first-order chi connectivity index (χ1) is 11.7. The summed E-state index contributed by atoms with van der Waals surface area (Å²) in [4.78, 5) is 23.7. The normalized spacial score (nSPS) is 24.2. The molecule has 0 aliphatic heterocycles. The zero-order valence-electron chi connectivity index (χ0n) is 13.5. The van der Waals surface area contributed by atoms with Crippen molar-refractivity contribution in [1.29, 1.82) is 5.26 Å².